The van der Waals surface area contributed by atoms with Gasteiger partial charge in [-0.2, -0.15) is 0 Å². The van der Waals surface area contributed by atoms with Gasteiger partial charge in [-0.3, -0.25) is 0 Å². The van der Waals surface area contributed by atoms with E-state index in [4.69, 9.17) is 4.74 Å². The minimum absolute atomic E-state index is 0.386. The molecule has 0 amide bonds. The molecular formula is C20H37NO. The highest BCUT2D eigenvalue weighted by atomic mass is 16.5. The molecular weight excluding hydrogens is 270 g/mol. The van der Waals surface area contributed by atoms with Crippen LogP contribution in [0.2, 0.25) is 0 Å². The van der Waals surface area contributed by atoms with Crippen LogP contribution in [0.4, 0.5) is 0 Å². The first-order valence-electron chi connectivity index (χ1n) is 9.19. The number of allylic oxidation sites excluding steroid dienone is 3. The van der Waals surface area contributed by atoms with Crippen molar-refractivity contribution in [3.63, 3.8) is 0 Å². The lowest BCUT2D eigenvalue weighted by atomic mass is 9.74. The summed E-state index contributed by atoms with van der Waals surface area (Å²) in [5, 5.41) is 0. The van der Waals surface area contributed by atoms with Crippen LogP contribution in [0.1, 0.15) is 66.2 Å². The Morgan fingerprint density at radius 3 is 2.55 bits per heavy atom. The average molecular weight is 308 g/mol. The van der Waals surface area contributed by atoms with Crippen molar-refractivity contribution in [1.29, 1.82) is 0 Å². The number of unbranched alkanes of at least 4 members (excludes halogenated alkanes) is 3. The number of hydrogen-bond acceptors (Lipinski definition) is 2. The summed E-state index contributed by atoms with van der Waals surface area (Å²) in [6.45, 7) is 12.2. The maximum atomic E-state index is 5.91. The van der Waals surface area contributed by atoms with Crippen molar-refractivity contribution in [2.24, 2.45) is 11.3 Å². The van der Waals surface area contributed by atoms with Crippen LogP contribution in [-0.2, 0) is 4.74 Å². The zero-order valence-corrected chi connectivity index (χ0v) is 15.5. The van der Waals surface area contributed by atoms with Crippen molar-refractivity contribution in [3.05, 3.63) is 24.0 Å². The molecule has 0 spiro atoms. The molecule has 0 saturated carbocycles. The number of ether oxygens (including phenoxy) is 1. The molecule has 0 aromatic rings. The van der Waals surface area contributed by atoms with E-state index < -0.39 is 0 Å². The van der Waals surface area contributed by atoms with Crippen LogP contribution in [0.15, 0.2) is 24.0 Å². The lowest BCUT2D eigenvalue weighted by molar-refractivity contribution is 0.173. The van der Waals surface area contributed by atoms with Crippen LogP contribution in [0.25, 0.3) is 0 Å². The molecule has 0 bridgehead atoms. The second-order valence-corrected chi connectivity index (χ2v) is 7.36. The Labute approximate surface area is 138 Å². The molecule has 2 heteroatoms. The minimum atomic E-state index is 0.386. The molecule has 0 aliphatic heterocycles. The molecule has 0 aromatic heterocycles. The highest BCUT2D eigenvalue weighted by Crippen LogP contribution is 2.36. The lowest BCUT2D eigenvalue weighted by Gasteiger charge is -2.32. The van der Waals surface area contributed by atoms with Crippen molar-refractivity contribution in [3.8, 4) is 0 Å². The fraction of sp³-hybridized carbons (Fsp3) is 0.800. The van der Waals surface area contributed by atoms with Gasteiger partial charge in [0.25, 0.3) is 0 Å². The molecule has 0 fully saturated rings. The van der Waals surface area contributed by atoms with Crippen LogP contribution in [-0.4, -0.2) is 31.6 Å². The Hall–Kier alpha value is -0.760. The van der Waals surface area contributed by atoms with Gasteiger partial charge in [0.15, 0.2) is 0 Å². The van der Waals surface area contributed by atoms with E-state index >= 15 is 0 Å². The molecule has 1 rings (SSSR count). The normalized spacial score (nSPS) is 18.6. The summed E-state index contributed by atoms with van der Waals surface area (Å²) < 4.78 is 5.91. The van der Waals surface area contributed by atoms with Gasteiger partial charge >= 0.3 is 0 Å². The van der Waals surface area contributed by atoms with E-state index in [2.05, 4.69) is 57.9 Å². The Bertz CT molecular complexity index is 357. The zero-order chi connectivity index (χ0) is 16.4. The Morgan fingerprint density at radius 1 is 1.18 bits per heavy atom. The van der Waals surface area contributed by atoms with Gasteiger partial charge < -0.3 is 9.64 Å². The van der Waals surface area contributed by atoms with Crippen LogP contribution in [0.5, 0.6) is 0 Å². The Balaban J connectivity index is 2.18. The molecule has 2 nitrogen and oxygen atoms in total. The standard InChI is InChI=1S/C20H37NO/c1-6-8-9-10-15-21(5)16-17-22-19-13-11-18(12-14-19)20(3,4)7-2/h11,13-14,18H,6-10,12,15-17H2,1-5H3. The molecule has 0 heterocycles. The van der Waals surface area contributed by atoms with Crippen LogP contribution in [0, 0.1) is 11.3 Å². The molecule has 1 atom stereocenters. The fourth-order valence-corrected chi connectivity index (χ4v) is 2.79. The maximum Gasteiger partial charge on any atom is 0.115 e. The summed E-state index contributed by atoms with van der Waals surface area (Å²) in [4.78, 5) is 2.38. The molecule has 0 saturated heterocycles. The molecule has 128 valence electrons. The Kier molecular flexibility index (Phi) is 8.85. The zero-order valence-electron chi connectivity index (χ0n) is 15.5. The lowest BCUT2D eigenvalue weighted by Crippen LogP contribution is -2.25. The van der Waals surface area contributed by atoms with Crippen molar-refractivity contribution in [1.82, 2.24) is 4.90 Å². The summed E-state index contributed by atoms with van der Waals surface area (Å²) in [5.74, 6) is 1.70. The number of likely N-dealkylation sites (N-methyl/N-ethyl adjacent to an activating group) is 1. The van der Waals surface area contributed by atoms with Crippen molar-refractivity contribution < 1.29 is 4.74 Å². The van der Waals surface area contributed by atoms with Gasteiger partial charge in [0.1, 0.15) is 12.4 Å². The minimum Gasteiger partial charge on any atom is -0.493 e. The monoisotopic (exact) mass is 307 g/mol. The second-order valence-electron chi connectivity index (χ2n) is 7.36. The average Bonchev–Trinajstić information content (AvgIpc) is 2.52. The van der Waals surface area contributed by atoms with E-state index in [1.807, 2.05) is 0 Å². The van der Waals surface area contributed by atoms with Crippen molar-refractivity contribution >= 4 is 0 Å². The summed E-state index contributed by atoms with van der Waals surface area (Å²) in [6, 6.07) is 0. The van der Waals surface area contributed by atoms with Crippen LogP contribution in [0.3, 0.4) is 0 Å². The molecule has 0 N–H and O–H groups in total. The molecule has 0 aromatic carbocycles. The summed E-state index contributed by atoms with van der Waals surface area (Å²) >= 11 is 0. The number of hydrogen-bond donors (Lipinski definition) is 0. The second kappa shape index (κ2) is 10.1. The van der Waals surface area contributed by atoms with Crippen LogP contribution >= 0.6 is 0 Å². The van der Waals surface area contributed by atoms with Crippen LogP contribution < -0.4 is 0 Å². The third kappa shape index (κ3) is 7.00. The fourth-order valence-electron chi connectivity index (χ4n) is 2.79. The van der Waals surface area contributed by atoms with E-state index in [0.717, 1.165) is 25.3 Å². The van der Waals surface area contributed by atoms with Gasteiger partial charge in [0, 0.05) is 6.54 Å². The Morgan fingerprint density at radius 2 is 1.95 bits per heavy atom. The van der Waals surface area contributed by atoms with Gasteiger partial charge in [-0.25, -0.2) is 0 Å². The maximum absolute atomic E-state index is 5.91. The molecule has 1 unspecified atom stereocenters. The highest BCUT2D eigenvalue weighted by molar-refractivity contribution is 5.19. The first-order chi connectivity index (χ1) is 10.5. The van der Waals surface area contributed by atoms with Gasteiger partial charge in [-0.15, -0.1) is 0 Å². The summed E-state index contributed by atoms with van der Waals surface area (Å²) in [7, 11) is 2.19. The number of nitrogens with zero attached hydrogens (tertiary/aromatic N) is 1. The van der Waals surface area contributed by atoms with E-state index in [-0.39, 0.29) is 0 Å². The summed E-state index contributed by atoms with van der Waals surface area (Å²) in [5.41, 5.74) is 0.386. The SMILES string of the molecule is CCCCCCN(C)CCOC1=CCC(C(C)(C)CC)C=C1. The number of rotatable bonds is 11. The van der Waals surface area contributed by atoms with Gasteiger partial charge in [0.2, 0.25) is 0 Å². The first kappa shape index (κ1) is 19.3. The van der Waals surface area contributed by atoms with E-state index in [1.54, 1.807) is 0 Å². The third-order valence-corrected chi connectivity index (χ3v) is 5.12. The molecule has 0 radical (unpaired) electrons. The van der Waals surface area contributed by atoms with Crippen molar-refractivity contribution in [2.45, 2.75) is 66.2 Å². The summed E-state index contributed by atoms with van der Waals surface area (Å²) in [6.07, 6.45) is 14.4. The van der Waals surface area contributed by atoms with Crippen molar-refractivity contribution in [2.75, 3.05) is 26.7 Å². The third-order valence-electron chi connectivity index (χ3n) is 5.12. The topological polar surface area (TPSA) is 12.5 Å². The van der Waals surface area contributed by atoms with E-state index in [9.17, 15) is 0 Å². The molecule has 22 heavy (non-hydrogen) atoms. The molecule has 1 aliphatic rings. The van der Waals surface area contributed by atoms with Gasteiger partial charge in [-0.1, -0.05) is 59.5 Å². The predicted molar refractivity (Wildman–Crippen MR) is 97.0 cm³/mol. The van der Waals surface area contributed by atoms with E-state index in [1.165, 1.54) is 38.6 Å². The quantitative estimate of drug-likeness (QED) is 0.473. The van der Waals surface area contributed by atoms with Gasteiger partial charge in [-0.05, 0) is 49.9 Å². The molecule has 1 aliphatic carbocycles. The van der Waals surface area contributed by atoms with E-state index in [0.29, 0.717) is 11.3 Å². The largest absolute Gasteiger partial charge is 0.493 e. The highest BCUT2D eigenvalue weighted by Gasteiger charge is 2.26. The van der Waals surface area contributed by atoms with Gasteiger partial charge in [0.05, 0.1) is 0 Å². The smallest absolute Gasteiger partial charge is 0.115 e. The first-order valence-corrected chi connectivity index (χ1v) is 9.19. The predicted octanol–water partition coefficient (Wildman–Crippen LogP) is 5.41.